The number of aromatic nitrogens is 3. The molecular formula is C11H11N5. The van der Waals surface area contributed by atoms with E-state index < -0.39 is 0 Å². The van der Waals surface area contributed by atoms with E-state index in [9.17, 15) is 0 Å². The third-order valence-electron chi connectivity index (χ3n) is 2.03. The highest BCUT2D eigenvalue weighted by Gasteiger charge is 2.08. The standard InChI is InChI=1S/C11H11N5/c12-7-9(11-15-3-1-4-16-11)10-6-8(13)2-5-14-10/h1-7H,12H2,(H2,13,14). The molecule has 80 valence electrons. The van der Waals surface area contributed by atoms with Crippen molar-refractivity contribution in [2.75, 3.05) is 5.73 Å². The van der Waals surface area contributed by atoms with Gasteiger partial charge in [-0.2, -0.15) is 0 Å². The van der Waals surface area contributed by atoms with Crippen LogP contribution >= 0.6 is 0 Å². The molecular weight excluding hydrogens is 202 g/mol. The monoisotopic (exact) mass is 213 g/mol. The number of pyridine rings is 1. The second-order valence-electron chi connectivity index (χ2n) is 3.13. The summed E-state index contributed by atoms with van der Waals surface area (Å²) in [5.74, 6) is 0.531. The Kier molecular flexibility index (Phi) is 2.77. The van der Waals surface area contributed by atoms with Gasteiger partial charge in [-0.05, 0) is 18.2 Å². The van der Waals surface area contributed by atoms with Gasteiger partial charge in [0.15, 0.2) is 5.82 Å². The summed E-state index contributed by atoms with van der Waals surface area (Å²) < 4.78 is 0. The van der Waals surface area contributed by atoms with Gasteiger partial charge in [0.25, 0.3) is 0 Å². The normalized spacial score (nSPS) is 11.4. The lowest BCUT2D eigenvalue weighted by Gasteiger charge is -2.04. The van der Waals surface area contributed by atoms with Crippen molar-refractivity contribution in [2.45, 2.75) is 0 Å². The van der Waals surface area contributed by atoms with Gasteiger partial charge < -0.3 is 11.5 Å². The largest absolute Gasteiger partial charge is 0.404 e. The van der Waals surface area contributed by atoms with Gasteiger partial charge in [0, 0.05) is 30.5 Å². The summed E-state index contributed by atoms with van der Waals surface area (Å²) in [5.41, 5.74) is 13.2. The zero-order chi connectivity index (χ0) is 11.4. The highest BCUT2D eigenvalue weighted by atomic mass is 14.9. The van der Waals surface area contributed by atoms with E-state index in [4.69, 9.17) is 11.5 Å². The quantitative estimate of drug-likeness (QED) is 0.770. The van der Waals surface area contributed by atoms with Gasteiger partial charge in [-0.15, -0.1) is 0 Å². The Morgan fingerprint density at radius 3 is 2.50 bits per heavy atom. The van der Waals surface area contributed by atoms with Crippen LogP contribution in [0.5, 0.6) is 0 Å². The Hall–Kier alpha value is -2.43. The molecule has 0 aromatic carbocycles. The van der Waals surface area contributed by atoms with E-state index >= 15 is 0 Å². The molecule has 0 radical (unpaired) electrons. The molecule has 2 aromatic heterocycles. The molecule has 0 spiro atoms. The van der Waals surface area contributed by atoms with E-state index in [1.54, 1.807) is 36.8 Å². The maximum Gasteiger partial charge on any atom is 0.162 e. The summed E-state index contributed by atoms with van der Waals surface area (Å²) >= 11 is 0. The summed E-state index contributed by atoms with van der Waals surface area (Å²) in [4.78, 5) is 12.4. The van der Waals surface area contributed by atoms with Gasteiger partial charge in [0.05, 0.1) is 11.3 Å². The molecule has 0 aliphatic rings. The van der Waals surface area contributed by atoms with Crippen LogP contribution in [0.1, 0.15) is 11.5 Å². The molecule has 0 bridgehead atoms. The Labute approximate surface area is 92.9 Å². The Morgan fingerprint density at radius 2 is 1.88 bits per heavy atom. The molecule has 0 saturated carbocycles. The fourth-order valence-electron chi connectivity index (χ4n) is 1.31. The minimum Gasteiger partial charge on any atom is -0.404 e. The molecule has 0 unspecified atom stereocenters. The van der Waals surface area contributed by atoms with Crippen molar-refractivity contribution in [3.63, 3.8) is 0 Å². The molecule has 2 heterocycles. The van der Waals surface area contributed by atoms with Crippen LogP contribution in [-0.4, -0.2) is 15.0 Å². The number of hydrogen-bond acceptors (Lipinski definition) is 5. The van der Waals surface area contributed by atoms with E-state index in [1.807, 2.05) is 0 Å². The third-order valence-corrected chi connectivity index (χ3v) is 2.03. The molecule has 0 amide bonds. The van der Waals surface area contributed by atoms with Crippen LogP contribution in [0.2, 0.25) is 0 Å². The molecule has 2 aromatic rings. The summed E-state index contributed by atoms with van der Waals surface area (Å²) in [5, 5.41) is 0. The predicted octanol–water partition coefficient (Wildman–Crippen LogP) is 0.802. The Balaban J connectivity index is 2.46. The lowest BCUT2D eigenvalue weighted by Crippen LogP contribution is -2.00. The second-order valence-corrected chi connectivity index (χ2v) is 3.13. The molecule has 0 atom stereocenters. The van der Waals surface area contributed by atoms with Crippen molar-refractivity contribution in [3.05, 3.63) is 54.5 Å². The van der Waals surface area contributed by atoms with Crippen molar-refractivity contribution in [1.82, 2.24) is 15.0 Å². The summed E-state index contributed by atoms with van der Waals surface area (Å²) in [6.07, 6.45) is 6.35. The highest BCUT2D eigenvalue weighted by Crippen LogP contribution is 2.18. The number of nitrogens with two attached hydrogens (primary N) is 2. The molecule has 5 heteroatoms. The topological polar surface area (TPSA) is 90.7 Å². The van der Waals surface area contributed by atoms with Gasteiger partial charge in [-0.1, -0.05) is 0 Å². The van der Waals surface area contributed by atoms with Crippen LogP contribution in [0.3, 0.4) is 0 Å². The average molecular weight is 213 g/mol. The number of nitrogen functional groups attached to an aromatic ring is 1. The lowest BCUT2D eigenvalue weighted by atomic mass is 10.1. The smallest absolute Gasteiger partial charge is 0.162 e. The first kappa shape index (κ1) is 10.1. The maximum atomic E-state index is 5.68. The van der Waals surface area contributed by atoms with E-state index in [0.717, 1.165) is 0 Å². The molecule has 0 fully saturated rings. The van der Waals surface area contributed by atoms with Gasteiger partial charge >= 0.3 is 0 Å². The van der Waals surface area contributed by atoms with Gasteiger partial charge in [0.2, 0.25) is 0 Å². The van der Waals surface area contributed by atoms with Crippen LogP contribution in [-0.2, 0) is 0 Å². The summed E-state index contributed by atoms with van der Waals surface area (Å²) in [6, 6.07) is 5.18. The van der Waals surface area contributed by atoms with E-state index in [2.05, 4.69) is 15.0 Å². The average Bonchev–Trinajstić information content (AvgIpc) is 2.31. The molecule has 4 N–H and O–H groups in total. The second kappa shape index (κ2) is 4.39. The van der Waals surface area contributed by atoms with E-state index in [-0.39, 0.29) is 0 Å². The minimum absolute atomic E-state index is 0.531. The van der Waals surface area contributed by atoms with Gasteiger partial charge in [-0.3, -0.25) is 4.98 Å². The zero-order valence-corrected chi connectivity index (χ0v) is 8.54. The van der Waals surface area contributed by atoms with Crippen LogP contribution in [0.15, 0.2) is 43.0 Å². The lowest BCUT2D eigenvalue weighted by molar-refractivity contribution is 1.10. The third kappa shape index (κ3) is 1.98. The Bertz CT molecular complexity index is 507. The Morgan fingerprint density at radius 1 is 1.12 bits per heavy atom. The number of rotatable bonds is 2. The van der Waals surface area contributed by atoms with Gasteiger partial charge in [0.1, 0.15) is 0 Å². The summed E-state index contributed by atoms with van der Waals surface area (Å²) in [6.45, 7) is 0. The van der Waals surface area contributed by atoms with Crippen LogP contribution in [0.4, 0.5) is 5.69 Å². The van der Waals surface area contributed by atoms with Gasteiger partial charge in [-0.25, -0.2) is 9.97 Å². The van der Waals surface area contributed by atoms with Crippen LogP contribution < -0.4 is 11.5 Å². The van der Waals surface area contributed by atoms with Crippen LogP contribution in [0, 0.1) is 0 Å². The molecule has 0 saturated heterocycles. The SMILES string of the molecule is NC=C(c1cc(N)ccn1)c1ncccn1. The predicted molar refractivity (Wildman–Crippen MR) is 61.9 cm³/mol. The minimum atomic E-state index is 0.531. The number of hydrogen-bond donors (Lipinski definition) is 2. The molecule has 5 nitrogen and oxygen atoms in total. The molecule has 0 aliphatic heterocycles. The fraction of sp³-hybridized carbons (Fsp3) is 0. The first-order valence-corrected chi connectivity index (χ1v) is 4.72. The zero-order valence-electron chi connectivity index (χ0n) is 8.54. The number of nitrogens with zero attached hydrogens (tertiary/aromatic N) is 3. The summed E-state index contributed by atoms with van der Waals surface area (Å²) in [7, 11) is 0. The van der Waals surface area contributed by atoms with Crippen molar-refractivity contribution < 1.29 is 0 Å². The first-order chi connectivity index (χ1) is 7.81. The number of anilines is 1. The fourth-order valence-corrected chi connectivity index (χ4v) is 1.31. The molecule has 2 rings (SSSR count). The molecule has 0 aliphatic carbocycles. The van der Waals surface area contributed by atoms with E-state index in [1.165, 1.54) is 6.20 Å². The van der Waals surface area contributed by atoms with Crippen molar-refractivity contribution >= 4 is 11.3 Å². The van der Waals surface area contributed by atoms with Crippen molar-refractivity contribution in [3.8, 4) is 0 Å². The van der Waals surface area contributed by atoms with E-state index in [0.29, 0.717) is 22.8 Å². The highest BCUT2D eigenvalue weighted by molar-refractivity contribution is 5.74. The van der Waals surface area contributed by atoms with Crippen molar-refractivity contribution in [1.29, 1.82) is 0 Å². The maximum absolute atomic E-state index is 5.68. The van der Waals surface area contributed by atoms with Crippen LogP contribution in [0.25, 0.3) is 5.57 Å². The first-order valence-electron chi connectivity index (χ1n) is 4.72. The molecule has 16 heavy (non-hydrogen) atoms. The van der Waals surface area contributed by atoms with Crippen molar-refractivity contribution in [2.24, 2.45) is 5.73 Å².